The van der Waals surface area contributed by atoms with E-state index in [2.05, 4.69) is 0 Å². The molecule has 0 bridgehead atoms. The van der Waals surface area contributed by atoms with Crippen LogP contribution in [0, 0.1) is 5.82 Å². The number of nitrogens with zero attached hydrogens (tertiary/aromatic N) is 1. The molecule has 0 radical (unpaired) electrons. The normalized spacial score (nSPS) is 10.1. The number of phenolic OH excluding ortho intramolecular Hbond substituents is 1. The standard InChI is InChI=1S/C15H12FNO4/c16-13-4-2-1-3-12(13)15(21)17(9-14(19)20)10-5-7-11(18)8-6-10/h1-8,18H,9H2,(H,19,20). The van der Waals surface area contributed by atoms with E-state index in [1.807, 2.05) is 0 Å². The van der Waals surface area contributed by atoms with Gasteiger partial charge in [0.1, 0.15) is 18.1 Å². The zero-order chi connectivity index (χ0) is 15.4. The van der Waals surface area contributed by atoms with Gasteiger partial charge >= 0.3 is 5.97 Å². The fourth-order valence-electron chi connectivity index (χ4n) is 1.83. The van der Waals surface area contributed by atoms with E-state index in [0.29, 0.717) is 0 Å². The number of benzene rings is 2. The van der Waals surface area contributed by atoms with E-state index >= 15 is 0 Å². The Morgan fingerprint density at radius 3 is 2.24 bits per heavy atom. The second-order valence-corrected chi connectivity index (χ2v) is 4.28. The zero-order valence-corrected chi connectivity index (χ0v) is 10.9. The predicted octanol–water partition coefficient (Wildman–Crippen LogP) is 2.26. The van der Waals surface area contributed by atoms with Gasteiger partial charge in [-0.3, -0.25) is 14.5 Å². The summed E-state index contributed by atoms with van der Waals surface area (Å²) in [5.74, 6) is -2.74. The van der Waals surface area contributed by atoms with Gasteiger partial charge in [-0.1, -0.05) is 12.1 Å². The van der Waals surface area contributed by atoms with E-state index in [9.17, 15) is 19.1 Å². The van der Waals surface area contributed by atoms with Gasteiger partial charge in [-0.25, -0.2) is 4.39 Å². The van der Waals surface area contributed by atoms with Crippen molar-refractivity contribution in [3.8, 4) is 5.75 Å². The Morgan fingerprint density at radius 2 is 1.67 bits per heavy atom. The molecule has 0 aliphatic heterocycles. The number of carbonyl (C=O) groups is 2. The monoisotopic (exact) mass is 289 g/mol. The molecule has 21 heavy (non-hydrogen) atoms. The minimum Gasteiger partial charge on any atom is -0.508 e. The van der Waals surface area contributed by atoms with Gasteiger partial charge in [0.05, 0.1) is 5.56 Å². The molecule has 0 aliphatic rings. The molecule has 0 unspecified atom stereocenters. The molecule has 2 N–H and O–H groups in total. The maximum absolute atomic E-state index is 13.7. The third-order valence-electron chi connectivity index (χ3n) is 2.80. The molecule has 5 nitrogen and oxygen atoms in total. The summed E-state index contributed by atoms with van der Waals surface area (Å²) in [6, 6.07) is 10.8. The fraction of sp³-hybridized carbons (Fsp3) is 0.0667. The van der Waals surface area contributed by atoms with Gasteiger partial charge in [0, 0.05) is 5.69 Å². The molecular weight excluding hydrogens is 277 g/mol. The number of carboxylic acid groups (broad SMARTS) is 1. The number of anilines is 1. The van der Waals surface area contributed by atoms with Gasteiger partial charge in [-0.05, 0) is 36.4 Å². The molecule has 2 rings (SSSR count). The van der Waals surface area contributed by atoms with Crippen LogP contribution < -0.4 is 4.90 Å². The lowest BCUT2D eigenvalue weighted by Crippen LogP contribution is -2.36. The largest absolute Gasteiger partial charge is 0.508 e. The van der Waals surface area contributed by atoms with E-state index in [1.165, 1.54) is 42.5 Å². The molecule has 0 fully saturated rings. The number of carboxylic acids is 1. The van der Waals surface area contributed by atoms with Gasteiger partial charge in [-0.15, -0.1) is 0 Å². The first-order valence-electron chi connectivity index (χ1n) is 6.06. The third kappa shape index (κ3) is 3.36. The van der Waals surface area contributed by atoms with Crippen molar-refractivity contribution in [1.29, 1.82) is 0 Å². The van der Waals surface area contributed by atoms with Crippen molar-refractivity contribution in [2.24, 2.45) is 0 Å². The first-order valence-corrected chi connectivity index (χ1v) is 6.06. The van der Waals surface area contributed by atoms with Crippen LogP contribution in [-0.4, -0.2) is 28.6 Å². The summed E-state index contributed by atoms with van der Waals surface area (Å²) in [4.78, 5) is 24.2. The lowest BCUT2D eigenvalue weighted by Gasteiger charge is -2.21. The van der Waals surface area contributed by atoms with Gasteiger partial charge in [0.2, 0.25) is 0 Å². The molecule has 0 atom stereocenters. The van der Waals surface area contributed by atoms with Gasteiger partial charge in [0.25, 0.3) is 5.91 Å². The van der Waals surface area contributed by atoms with E-state index in [4.69, 9.17) is 5.11 Å². The van der Waals surface area contributed by atoms with Crippen molar-refractivity contribution in [2.45, 2.75) is 0 Å². The van der Waals surface area contributed by atoms with Crippen LogP contribution >= 0.6 is 0 Å². The average molecular weight is 289 g/mol. The van der Waals surface area contributed by atoms with Crippen LogP contribution in [0.25, 0.3) is 0 Å². The first-order chi connectivity index (χ1) is 9.99. The number of aliphatic carboxylic acids is 1. The average Bonchev–Trinajstić information content (AvgIpc) is 2.45. The van der Waals surface area contributed by atoms with Crippen molar-refractivity contribution in [1.82, 2.24) is 0 Å². The summed E-state index contributed by atoms with van der Waals surface area (Å²) in [6.07, 6.45) is 0. The van der Waals surface area contributed by atoms with Crippen LogP contribution in [0.4, 0.5) is 10.1 Å². The molecule has 1 amide bonds. The third-order valence-corrected chi connectivity index (χ3v) is 2.80. The van der Waals surface area contributed by atoms with Gasteiger partial charge < -0.3 is 10.2 Å². The Bertz CT molecular complexity index is 670. The highest BCUT2D eigenvalue weighted by atomic mass is 19.1. The van der Waals surface area contributed by atoms with E-state index in [-0.39, 0.29) is 17.0 Å². The second-order valence-electron chi connectivity index (χ2n) is 4.28. The lowest BCUT2D eigenvalue weighted by molar-refractivity contribution is -0.135. The van der Waals surface area contributed by atoms with Crippen molar-refractivity contribution >= 4 is 17.6 Å². The molecule has 0 saturated heterocycles. The quantitative estimate of drug-likeness (QED) is 0.905. The van der Waals surface area contributed by atoms with Crippen molar-refractivity contribution in [3.63, 3.8) is 0 Å². The number of phenols is 1. The lowest BCUT2D eigenvalue weighted by atomic mass is 10.1. The Balaban J connectivity index is 2.40. The first kappa shape index (κ1) is 14.5. The highest BCUT2D eigenvalue weighted by Gasteiger charge is 2.22. The Labute approximate surface area is 119 Å². The molecule has 6 heteroatoms. The minimum atomic E-state index is -1.23. The van der Waals surface area contributed by atoms with Crippen LogP contribution in [0.5, 0.6) is 5.75 Å². The number of aromatic hydroxyl groups is 1. The maximum Gasteiger partial charge on any atom is 0.323 e. The minimum absolute atomic E-state index is 0.0210. The molecule has 2 aromatic rings. The molecule has 0 heterocycles. The zero-order valence-electron chi connectivity index (χ0n) is 10.9. The molecular formula is C15H12FNO4. The van der Waals surface area contributed by atoms with Crippen LogP contribution in [0.2, 0.25) is 0 Å². The summed E-state index contributed by atoms with van der Waals surface area (Å²) in [7, 11) is 0. The maximum atomic E-state index is 13.7. The summed E-state index contributed by atoms with van der Waals surface area (Å²) in [6.45, 7) is -0.613. The fourth-order valence-corrected chi connectivity index (χ4v) is 1.83. The van der Waals surface area contributed by atoms with Gasteiger partial charge in [-0.2, -0.15) is 0 Å². The topological polar surface area (TPSA) is 77.8 Å². The highest BCUT2D eigenvalue weighted by Crippen LogP contribution is 2.21. The number of rotatable bonds is 4. The SMILES string of the molecule is O=C(O)CN(C(=O)c1ccccc1F)c1ccc(O)cc1. The van der Waals surface area contributed by atoms with Crippen LogP contribution in [0.15, 0.2) is 48.5 Å². The number of carbonyl (C=O) groups excluding carboxylic acids is 1. The van der Waals surface area contributed by atoms with Crippen molar-refractivity contribution < 1.29 is 24.2 Å². The smallest absolute Gasteiger partial charge is 0.323 e. The Hall–Kier alpha value is -2.89. The van der Waals surface area contributed by atoms with E-state index < -0.39 is 24.2 Å². The summed E-state index contributed by atoms with van der Waals surface area (Å²) >= 11 is 0. The Kier molecular flexibility index (Phi) is 4.18. The molecule has 108 valence electrons. The molecule has 0 saturated carbocycles. The van der Waals surface area contributed by atoms with E-state index in [0.717, 1.165) is 11.0 Å². The van der Waals surface area contributed by atoms with Crippen molar-refractivity contribution in [3.05, 3.63) is 59.9 Å². The number of halogens is 1. The summed E-state index contributed by atoms with van der Waals surface area (Å²) in [5, 5.41) is 18.2. The van der Waals surface area contributed by atoms with Crippen LogP contribution in [-0.2, 0) is 4.79 Å². The van der Waals surface area contributed by atoms with Crippen LogP contribution in [0.1, 0.15) is 10.4 Å². The summed E-state index contributed by atoms with van der Waals surface area (Å²) in [5.41, 5.74) is 0.0373. The predicted molar refractivity (Wildman–Crippen MR) is 73.8 cm³/mol. The van der Waals surface area contributed by atoms with E-state index in [1.54, 1.807) is 0 Å². The van der Waals surface area contributed by atoms with Crippen molar-refractivity contribution in [2.75, 3.05) is 11.4 Å². The molecule has 0 aliphatic carbocycles. The molecule has 2 aromatic carbocycles. The molecule has 0 spiro atoms. The molecule has 0 aromatic heterocycles. The second kappa shape index (κ2) is 6.04. The highest BCUT2D eigenvalue weighted by molar-refractivity contribution is 6.08. The summed E-state index contributed by atoms with van der Waals surface area (Å²) < 4.78 is 13.7. The Morgan fingerprint density at radius 1 is 1.05 bits per heavy atom. The number of hydrogen-bond donors (Lipinski definition) is 2. The number of hydrogen-bond acceptors (Lipinski definition) is 3. The van der Waals surface area contributed by atoms with Crippen LogP contribution in [0.3, 0.4) is 0 Å². The van der Waals surface area contributed by atoms with Gasteiger partial charge in [0.15, 0.2) is 0 Å². The number of amides is 1.